The number of nitrogens with one attached hydrogen (secondary N) is 1. The number of amides is 1. The van der Waals surface area contributed by atoms with Crippen LogP contribution in [0.25, 0.3) is 0 Å². The first-order chi connectivity index (χ1) is 9.08. The highest BCUT2D eigenvalue weighted by atomic mass is 16.6. The second-order valence-corrected chi connectivity index (χ2v) is 3.77. The molecule has 0 fully saturated rings. The van der Waals surface area contributed by atoms with Crippen molar-refractivity contribution in [2.24, 2.45) is 0 Å². The molecule has 1 heterocycles. The molecule has 0 aliphatic rings. The van der Waals surface area contributed by atoms with Gasteiger partial charge < -0.3 is 5.32 Å². The monoisotopic (exact) mass is 258 g/mol. The van der Waals surface area contributed by atoms with E-state index in [9.17, 15) is 14.9 Å². The largest absolute Gasteiger partial charge is 0.305 e. The number of carbonyl (C=O) groups is 1. The van der Waals surface area contributed by atoms with Gasteiger partial charge in [-0.15, -0.1) is 0 Å². The Morgan fingerprint density at radius 1 is 1.26 bits per heavy atom. The SMILES string of the molecule is Cc1cnc(NC(=O)c2ccccc2[N+](=O)[O-])cn1. The van der Waals surface area contributed by atoms with Gasteiger partial charge in [0.05, 0.1) is 23.0 Å². The molecule has 0 unspecified atom stereocenters. The van der Waals surface area contributed by atoms with Gasteiger partial charge in [-0.3, -0.25) is 19.9 Å². The van der Waals surface area contributed by atoms with Gasteiger partial charge in [0.15, 0.2) is 5.82 Å². The van der Waals surface area contributed by atoms with Crippen LogP contribution in [0.4, 0.5) is 11.5 Å². The molecule has 1 N–H and O–H groups in total. The van der Waals surface area contributed by atoms with Crippen molar-refractivity contribution in [2.45, 2.75) is 6.92 Å². The Morgan fingerprint density at radius 3 is 2.63 bits per heavy atom. The molecule has 1 aromatic heterocycles. The summed E-state index contributed by atoms with van der Waals surface area (Å²) < 4.78 is 0. The van der Waals surface area contributed by atoms with Crippen LogP contribution in [0.1, 0.15) is 16.1 Å². The highest BCUT2D eigenvalue weighted by Gasteiger charge is 2.19. The van der Waals surface area contributed by atoms with E-state index in [0.717, 1.165) is 0 Å². The lowest BCUT2D eigenvalue weighted by Gasteiger charge is -2.04. The van der Waals surface area contributed by atoms with Crippen LogP contribution < -0.4 is 5.32 Å². The molecule has 0 saturated carbocycles. The maximum Gasteiger partial charge on any atom is 0.282 e. The first-order valence-electron chi connectivity index (χ1n) is 5.41. The third kappa shape index (κ3) is 2.89. The number of aryl methyl sites for hydroxylation is 1. The molecule has 7 heteroatoms. The molecule has 0 bridgehead atoms. The van der Waals surface area contributed by atoms with E-state index in [2.05, 4.69) is 15.3 Å². The van der Waals surface area contributed by atoms with Crippen LogP contribution in [0.2, 0.25) is 0 Å². The van der Waals surface area contributed by atoms with Crippen LogP contribution in [-0.2, 0) is 0 Å². The van der Waals surface area contributed by atoms with Gasteiger partial charge in [-0.25, -0.2) is 4.98 Å². The van der Waals surface area contributed by atoms with Crippen molar-refractivity contribution in [1.82, 2.24) is 9.97 Å². The Labute approximate surface area is 108 Å². The molecule has 2 aromatic rings. The van der Waals surface area contributed by atoms with Gasteiger partial charge in [-0.05, 0) is 13.0 Å². The number of hydrogen-bond donors (Lipinski definition) is 1. The lowest BCUT2D eigenvalue weighted by Crippen LogP contribution is -2.15. The first-order valence-corrected chi connectivity index (χ1v) is 5.41. The van der Waals surface area contributed by atoms with E-state index >= 15 is 0 Å². The first kappa shape index (κ1) is 12.6. The van der Waals surface area contributed by atoms with Gasteiger partial charge >= 0.3 is 0 Å². The fourth-order valence-corrected chi connectivity index (χ4v) is 1.47. The Morgan fingerprint density at radius 2 is 2.00 bits per heavy atom. The molecular weight excluding hydrogens is 248 g/mol. The molecular formula is C12H10N4O3. The summed E-state index contributed by atoms with van der Waals surface area (Å²) in [6, 6.07) is 5.72. The van der Waals surface area contributed by atoms with Crippen molar-refractivity contribution >= 4 is 17.4 Å². The van der Waals surface area contributed by atoms with E-state index in [1.165, 1.54) is 30.6 Å². The topological polar surface area (TPSA) is 98.0 Å². The summed E-state index contributed by atoms with van der Waals surface area (Å²) in [7, 11) is 0. The van der Waals surface area contributed by atoms with E-state index in [1.807, 2.05) is 0 Å². The molecule has 0 atom stereocenters. The average Bonchev–Trinajstić information content (AvgIpc) is 2.41. The Kier molecular flexibility index (Phi) is 3.46. The summed E-state index contributed by atoms with van der Waals surface area (Å²) in [4.78, 5) is 30.1. The van der Waals surface area contributed by atoms with Gasteiger partial charge in [-0.2, -0.15) is 0 Å². The zero-order chi connectivity index (χ0) is 13.8. The molecule has 0 spiro atoms. The molecule has 0 radical (unpaired) electrons. The normalized spacial score (nSPS) is 9.95. The minimum absolute atomic E-state index is 0.0186. The molecule has 0 saturated heterocycles. The number of nitrogens with zero attached hydrogens (tertiary/aromatic N) is 3. The standard InChI is InChI=1S/C12H10N4O3/c1-8-6-14-11(7-13-8)15-12(17)9-4-2-3-5-10(9)16(18)19/h2-7H,1H3,(H,14,15,17). The lowest BCUT2D eigenvalue weighted by atomic mass is 10.1. The maximum absolute atomic E-state index is 11.9. The number of anilines is 1. The smallest absolute Gasteiger partial charge is 0.282 e. The summed E-state index contributed by atoms with van der Waals surface area (Å²) >= 11 is 0. The van der Waals surface area contributed by atoms with Crippen molar-refractivity contribution < 1.29 is 9.72 Å². The summed E-state index contributed by atoms with van der Waals surface area (Å²) in [6.07, 6.45) is 2.89. The van der Waals surface area contributed by atoms with Gasteiger partial charge in [0.1, 0.15) is 5.56 Å². The molecule has 19 heavy (non-hydrogen) atoms. The molecule has 2 rings (SSSR count). The maximum atomic E-state index is 11.9. The minimum Gasteiger partial charge on any atom is -0.305 e. The van der Waals surface area contributed by atoms with E-state index in [-0.39, 0.29) is 17.1 Å². The Hall–Kier alpha value is -2.83. The van der Waals surface area contributed by atoms with Gasteiger partial charge in [0.2, 0.25) is 0 Å². The van der Waals surface area contributed by atoms with E-state index < -0.39 is 10.8 Å². The van der Waals surface area contributed by atoms with Crippen molar-refractivity contribution in [2.75, 3.05) is 5.32 Å². The van der Waals surface area contributed by atoms with Crippen LogP contribution in [0.5, 0.6) is 0 Å². The number of aromatic nitrogens is 2. The fourth-order valence-electron chi connectivity index (χ4n) is 1.47. The van der Waals surface area contributed by atoms with Crippen LogP contribution >= 0.6 is 0 Å². The third-order valence-corrected chi connectivity index (χ3v) is 2.37. The second-order valence-electron chi connectivity index (χ2n) is 3.77. The number of hydrogen-bond acceptors (Lipinski definition) is 5. The highest BCUT2D eigenvalue weighted by Crippen LogP contribution is 2.18. The van der Waals surface area contributed by atoms with Crippen LogP contribution in [0.3, 0.4) is 0 Å². The number of para-hydroxylation sites is 1. The number of rotatable bonds is 3. The molecule has 1 aromatic carbocycles. The molecule has 1 amide bonds. The van der Waals surface area contributed by atoms with Crippen molar-refractivity contribution in [3.8, 4) is 0 Å². The molecule has 0 aliphatic heterocycles. The van der Waals surface area contributed by atoms with E-state index in [4.69, 9.17) is 0 Å². The Bertz CT molecular complexity index is 625. The third-order valence-electron chi connectivity index (χ3n) is 2.37. The number of benzene rings is 1. The minimum atomic E-state index is -0.601. The lowest BCUT2D eigenvalue weighted by molar-refractivity contribution is -0.385. The number of nitro benzene ring substituents is 1. The zero-order valence-electron chi connectivity index (χ0n) is 10.0. The van der Waals surface area contributed by atoms with Crippen LogP contribution in [0.15, 0.2) is 36.7 Å². The molecule has 0 aliphatic carbocycles. The van der Waals surface area contributed by atoms with E-state index in [0.29, 0.717) is 5.69 Å². The van der Waals surface area contributed by atoms with Gasteiger partial charge in [0.25, 0.3) is 11.6 Å². The summed E-state index contributed by atoms with van der Waals surface area (Å²) in [5, 5.41) is 13.3. The van der Waals surface area contributed by atoms with Gasteiger partial charge in [-0.1, -0.05) is 12.1 Å². The summed E-state index contributed by atoms with van der Waals surface area (Å²) in [5.41, 5.74) is 0.443. The fraction of sp³-hybridized carbons (Fsp3) is 0.0833. The number of carbonyl (C=O) groups excluding carboxylic acids is 1. The highest BCUT2D eigenvalue weighted by molar-refractivity contribution is 6.06. The van der Waals surface area contributed by atoms with Crippen LogP contribution in [0, 0.1) is 17.0 Å². The van der Waals surface area contributed by atoms with Crippen molar-refractivity contribution in [3.63, 3.8) is 0 Å². The molecule has 7 nitrogen and oxygen atoms in total. The quantitative estimate of drug-likeness (QED) is 0.670. The van der Waals surface area contributed by atoms with Crippen molar-refractivity contribution in [3.05, 3.63) is 58.0 Å². The van der Waals surface area contributed by atoms with Crippen molar-refractivity contribution in [1.29, 1.82) is 0 Å². The van der Waals surface area contributed by atoms with Gasteiger partial charge in [0, 0.05) is 6.07 Å². The average molecular weight is 258 g/mol. The van der Waals surface area contributed by atoms with Crippen LogP contribution in [-0.4, -0.2) is 20.8 Å². The second kappa shape index (κ2) is 5.21. The molecule has 96 valence electrons. The van der Waals surface area contributed by atoms with E-state index in [1.54, 1.807) is 13.0 Å². The predicted molar refractivity (Wildman–Crippen MR) is 67.8 cm³/mol. The summed E-state index contributed by atoms with van der Waals surface area (Å²) in [5.74, 6) is -0.348. The Balaban J connectivity index is 2.25. The predicted octanol–water partition coefficient (Wildman–Crippen LogP) is 1.95. The zero-order valence-corrected chi connectivity index (χ0v) is 10.0. The summed E-state index contributed by atoms with van der Waals surface area (Å²) in [6.45, 7) is 1.76. The number of nitro groups is 1.